The molecule has 0 bridgehead atoms. The minimum Gasteiger partial charge on any atom is -0.482 e. The van der Waals surface area contributed by atoms with E-state index in [4.69, 9.17) is 9.47 Å². The van der Waals surface area contributed by atoms with E-state index >= 15 is 0 Å². The lowest BCUT2D eigenvalue weighted by Crippen LogP contribution is -2.40. The number of alkyl halides is 3. The number of morpholine rings is 1. The lowest BCUT2D eigenvalue weighted by atomic mass is 10.2. The number of nitrogens with zero attached hydrogens (tertiary/aromatic N) is 1. The van der Waals surface area contributed by atoms with E-state index in [2.05, 4.69) is 5.32 Å². The van der Waals surface area contributed by atoms with Gasteiger partial charge in [0.1, 0.15) is 5.75 Å². The predicted molar refractivity (Wildman–Crippen MR) is 124 cm³/mol. The van der Waals surface area contributed by atoms with Crippen LogP contribution in [0.4, 0.5) is 18.9 Å². The number of anilines is 1. The van der Waals surface area contributed by atoms with E-state index in [1.54, 1.807) is 0 Å². The first kappa shape index (κ1) is 26.3. The van der Waals surface area contributed by atoms with Gasteiger partial charge in [-0.3, -0.25) is 4.79 Å². The number of thioether (sulfide) groups is 1. The Balaban J connectivity index is 1.73. The van der Waals surface area contributed by atoms with Crippen molar-refractivity contribution in [2.75, 3.05) is 44.0 Å². The average Bonchev–Trinajstić information content (AvgIpc) is 2.79. The number of carbonyl (C=O) groups is 1. The molecule has 1 aliphatic rings. The fourth-order valence-electron chi connectivity index (χ4n) is 3.12. The number of hydrogen-bond acceptors (Lipinski definition) is 6. The quantitative estimate of drug-likeness (QED) is 0.543. The summed E-state index contributed by atoms with van der Waals surface area (Å²) >= 11 is 1.32. The summed E-state index contributed by atoms with van der Waals surface area (Å²) in [6.45, 7) is 1.20. The van der Waals surface area contributed by atoms with Crippen molar-refractivity contribution in [1.29, 1.82) is 0 Å². The van der Waals surface area contributed by atoms with Crippen LogP contribution in [0, 0.1) is 6.92 Å². The Kier molecular flexibility index (Phi) is 8.85. The summed E-state index contributed by atoms with van der Waals surface area (Å²) in [5, 5.41) is 2.50. The first-order valence-electron chi connectivity index (χ1n) is 10.4. The molecule has 7 nitrogen and oxygen atoms in total. The van der Waals surface area contributed by atoms with E-state index in [0.717, 1.165) is 29.3 Å². The monoisotopic (exact) mass is 518 g/mol. The lowest BCUT2D eigenvalue weighted by molar-refractivity contribution is -0.153. The molecular formula is C22H25F3N2O5S2. The largest absolute Gasteiger partial charge is 0.482 e. The van der Waals surface area contributed by atoms with E-state index in [-0.39, 0.29) is 48.4 Å². The maximum atomic E-state index is 12.9. The normalized spacial score (nSPS) is 15.2. The van der Waals surface area contributed by atoms with E-state index < -0.39 is 28.7 Å². The Morgan fingerprint density at radius 1 is 1.15 bits per heavy atom. The van der Waals surface area contributed by atoms with Crippen molar-refractivity contribution in [3.05, 3.63) is 53.6 Å². The summed E-state index contributed by atoms with van der Waals surface area (Å²) in [5.74, 6) is -0.172. The van der Waals surface area contributed by atoms with Crippen molar-refractivity contribution in [3.8, 4) is 5.75 Å². The van der Waals surface area contributed by atoms with Crippen LogP contribution in [0.5, 0.6) is 5.75 Å². The maximum Gasteiger partial charge on any atom is 0.422 e. The smallest absolute Gasteiger partial charge is 0.422 e. The van der Waals surface area contributed by atoms with Gasteiger partial charge in [0, 0.05) is 18.8 Å². The zero-order valence-electron chi connectivity index (χ0n) is 18.4. The van der Waals surface area contributed by atoms with E-state index in [0.29, 0.717) is 5.75 Å². The molecule has 1 amide bonds. The SMILES string of the molecule is Cc1ccc(CSCC(=O)Nc2cc(S(=O)(=O)N3CCOCC3)ccc2OCC(F)(F)F)cc1. The highest BCUT2D eigenvalue weighted by Crippen LogP contribution is 2.31. The molecule has 1 aliphatic heterocycles. The number of sulfonamides is 1. The van der Waals surface area contributed by atoms with Crippen LogP contribution < -0.4 is 10.1 Å². The number of carbonyl (C=O) groups excluding carboxylic acids is 1. The van der Waals surface area contributed by atoms with Gasteiger partial charge in [0.2, 0.25) is 15.9 Å². The third-order valence-corrected chi connectivity index (χ3v) is 7.75. The zero-order valence-corrected chi connectivity index (χ0v) is 20.1. The first-order chi connectivity index (χ1) is 16.0. The highest BCUT2D eigenvalue weighted by atomic mass is 32.2. The fraction of sp³-hybridized carbons (Fsp3) is 0.409. The molecule has 2 aromatic rings. The summed E-state index contributed by atoms with van der Waals surface area (Å²) in [7, 11) is -3.92. The van der Waals surface area contributed by atoms with E-state index in [1.165, 1.54) is 16.1 Å². The van der Waals surface area contributed by atoms with E-state index in [1.807, 2.05) is 31.2 Å². The molecule has 12 heteroatoms. The van der Waals surface area contributed by atoms with Crippen LogP contribution in [0.15, 0.2) is 47.4 Å². The second kappa shape index (κ2) is 11.4. The summed E-state index contributed by atoms with van der Waals surface area (Å²) in [4.78, 5) is 12.3. The molecular weight excluding hydrogens is 493 g/mol. The number of aryl methyl sites for hydroxylation is 1. The van der Waals surface area contributed by atoms with Gasteiger partial charge >= 0.3 is 6.18 Å². The summed E-state index contributed by atoms with van der Waals surface area (Å²) in [5.41, 5.74) is 2.00. The lowest BCUT2D eigenvalue weighted by Gasteiger charge is -2.26. The van der Waals surface area contributed by atoms with Gasteiger partial charge in [0.25, 0.3) is 0 Å². The summed E-state index contributed by atoms with van der Waals surface area (Å²) < 4.78 is 75.1. The molecule has 1 N–H and O–H groups in total. The fourth-order valence-corrected chi connectivity index (χ4v) is 5.34. The van der Waals surface area contributed by atoms with Crippen LogP contribution in [-0.4, -0.2) is 63.5 Å². The van der Waals surface area contributed by atoms with Gasteiger partial charge < -0.3 is 14.8 Å². The molecule has 0 aliphatic carbocycles. The second-order valence-electron chi connectivity index (χ2n) is 7.60. The number of ether oxygens (including phenoxy) is 2. The summed E-state index contributed by atoms with van der Waals surface area (Å²) in [6.07, 6.45) is -4.59. The number of rotatable bonds is 9. The van der Waals surface area contributed by atoms with Crippen LogP contribution in [0.1, 0.15) is 11.1 Å². The number of benzene rings is 2. The van der Waals surface area contributed by atoms with Gasteiger partial charge in [-0.15, -0.1) is 11.8 Å². The van der Waals surface area contributed by atoms with Gasteiger partial charge in [-0.1, -0.05) is 29.8 Å². The molecule has 0 saturated carbocycles. The second-order valence-corrected chi connectivity index (χ2v) is 10.5. The van der Waals surface area contributed by atoms with Crippen molar-refractivity contribution in [1.82, 2.24) is 4.31 Å². The molecule has 1 heterocycles. The summed E-state index contributed by atoms with van der Waals surface area (Å²) in [6, 6.07) is 11.2. The highest BCUT2D eigenvalue weighted by molar-refractivity contribution is 7.99. The topological polar surface area (TPSA) is 84.9 Å². The molecule has 1 fully saturated rings. The van der Waals surface area contributed by atoms with Gasteiger partial charge in [0.05, 0.1) is 29.5 Å². The molecule has 0 unspecified atom stereocenters. The van der Waals surface area contributed by atoms with Crippen LogP contribution in [-0.2, 0) is 25.3 Å². The Morgan fingerprint density at radius 3 is 2.47 bits per heavy atom. The number of amides is 1. The number of nitrogens with one attached hydrogen (secondary N) is 1. The Bertz CT molecular complexity index is 1090. The maximum absolute atomic E-state index is 12.9. The Morgan fingerprint density at radius 2 is 1.82 bits per heavy atom. The van der Waals surface area contributed by atoms with Crippen LogP contribution in [0.2, 0.25) is 0 Å². The van der Waals surface area contributed by atoms with Gasteiger partial charge in [-0.25, -0.2) is 8.42 Å². The molecule has 0 aromatic heterocycles. The molecule has 0 spiro atoms. The Labute approximate surface area is 200 Å². The minimum absolute atomic E-state index is 0.0209. The predicted octanol–water partition coefficient (Wildman–Crippen LogP) is 3.83. The molecule has 3 rings (SSSR count). The number of halogens is 3. The molecule has 34 heavy (non-hydrogen) atoms. The molecule has 1 saturated heterocycles. The van der Waals surface area contributed by atoms with Gasteiger partial charge in [-0.05, 0) is 30.7 Å². The van der Waals surface area contributed by atoms with Crippen LogP contribution in [0.25, 0.3) is 0 Å². The van der Waals surface area contributed by atoms with Crippen molar-refractivity contribution in [2.45, 2.75) is 23.7 Å². The van der Waals surface area contributed by atoms with Crippen LogP contribution >= 0.6 is 11.8 Å². The van der Waals surface area contributed by atoms with Crippen molar-refractivity contribution < 1.29 is 35.9 Å². The van der Waals surface area contributed by atoms with Gasteiger partial charge in [-0.2, -0.15) is 17.5 Å². The third-order valence-electron chi connectivity index (χ3n) is 4.85. The third kappa shape index (κ3) is 7.62. The van der Waals surface area contributed by atoms with Crippen LogP contribution in [0.3, 0.4) is 0 Å². The standard InChI is InChI=1S/C22H25F3N2O5S2/c1-16-2-4-17(5-3-16)13-33-14-21(28)26-19-12-18(6-7-20(19)32-15-22(23,24)25)34(29,30)27-8-10-31-11-9-27/h2-7,12H,8-11,13-15H2,1H3,(H,26,28). The molecule has 186 valence electrons. The molecule has 0 radical (unpaired) electrons. The highest BCUT2D eigenvalue weighted by Gasteiger charge is 2.30. The van der Waals surface area contributed by atoms with Gasteiger partial charge in [0.15, 0.2) is 6.61 Å². The zero-order chi connectivity index (χ0) is 24.8. The molecule has 0 atom stereocenters. The van der Waals surface area contributed by atoms with Crippen molar-refractivity contribution in [3.63, 3.8) is 0 Å². The van der Waals surface area contributed by atoms with E-state index in [9.17, 15) is 26.4 Å². The minimum atomic E-state index is -4.59. The molecule has 2 aromatic carbocycles. The number of hydrogen-bond donors (Lipinski definition) is 1. The Hall–Kier alpha value is -2.28. The average molecular weight is 519 g/mol. The van der Waals surface area contributed by atoms with Crippen molar-refractivity contribution in [2.24, 2.45) is 0 Å². The van der Waals surface area contributed by atoms with Crippen molar-refractivity contribution >= 4 is 33.4 Å². The first-order valence-corrected chi connectivity index (χ1v) is 13.0.